The zero-order chi connectivity index (χ0) is 11.3. The first-order valence-corrected chi connectivity index (χ1v) is 4.71. The van der Waals surface area contributed by atoms with Crippen molar-refractivity contribution in [2.24, 2.45) is 0 Å². The van der Waals surface area contributed by atoms with Gasteiger partial charge in [0.2, 0.25) is 0 Å². The van der Waals surface area contributed by atoms with Crippen LogP contribution in [-0.4, -0.2) is 17.9 Å². The molecular formula is C11H13FO3. The highest BCUT2D eigenvalue weighted by Gasteiger charge is 2.07. The summed E-state index contributed by atoms with van der Waals surface area (Å²) in [4.78, 5) is 11.0. The Labute approximate surface area is 87.5 Å². The van der Waals surface area contributed by atoms with Gasteiger partial charge in [0.25, 0.3) is 0 Å². The molecule has 15 heavy (non-hydrogen) atoms. The molecule has 82 valence electrons. The summed E-state index contributed by atoms with van der Waals surface area (Å²) in [6.45, 7) is 1.21. The van der Waals surface area contributed by atoms with Crippen molar-refractivity contribution < 1.29 is 19.0 Å². The van der Waals surface area contributed by atoms with Crippen molar-refractivity contribution in [3.05, 3.63) is 35.1 Å². The summed E-state index contributed by atoms with van der Waals surface area (Å²) in [5.41, 5.74) is 1.16. The highest BCUT2D eigenvalue weighted by Crippen LogP contribution is 2.11. The average molecular weight is 212 g/mol. The molecule has 0 aliphatic rings. The van der Waals surface area contributed by atoms with Gasteiger partial charge in [-0.3, -0.25) is 4.79 Å². The van der Waals surface area contributed by atoms with Crippen LogP contribution in [-0.2, 0) is 22.4 Å². The van der Waals surface area contributed by atoms with E-state index in [1.807, 2.05) is 6.92 Å². The molecule has 1 rings (SSSR count). The molecule has 0 aliphatic carbocycles. The van der Waals surface area contributed by atoms with Gasteiger partial charge in [0.15, 0.2) is 6.79 Å². The van der Waals surface area contributed by atoms with Gasteiger partial charge < -0.3 is 9.84 Å². The minimum absolute atomic E-state index is 0.0263. The molecule has 0 aromatic heterocycles. The number of rotatable bonds is 4. The van der Waals surface area contributed by atoms with Crippen molar-refractivity contribution in [3.8, 4) is 0 Å². The van der Waals surface area contributed by atoms with Crippen molar-refractivity contribution in [2.45, 2.75) is 19.8 Å². The molecule has 1 aromatic carbocycles. The fourth-order valence-corrected chi connectivity index (χ4v) is 1.28. The van der Waals surface area contributed by atoms with Crippen molar-refractivity contribution in [1.29, 1.82) is 0 Å². The summed E-state index contributed by atoms with van der Waals surface area (Å²) in [5, 5.41) is 8.33. The number of benzene rings is 1. The van der Waals surface area contributed by atoms with Crippen LogP contribution in [0.5, 0.6) is 0 Å². The first kappa shape index (κ1) is 11.7. The van der Waals surface area contributed by atoms with Gasteiger partial charge in [-0.25, -0.2) is 4.39 Å². The monoisotopic (exact) mass is 212 g/mol. The molecule has 0 atom stereocenters. The molecular weight excluding hydrogens is 199 g/mol. The summed E-state index contributed by atoms with van der Waals surface area (Å²) in [7, 11) is 0. The topological polar surface area (TPSA) is 46.5 Å². The largest absolute Gasteiger partial charge is 0.438 e. The van der Waals surface area contributed by atoms with Crippen LogP contribution in [0.25, 0.3) is 0 Å². The minimum atomic E-state index is -0.644. The van der Waals surface area contributed by atoms with Crippen molar-refractivity contribution in [1.82, 2.24) is 0 Å². The average Bonchev–Trinajstić information content (AvgIpc) is 2.18. The maximum atomic E-state index is 13.3. The highest BCUT2D eigenvalue weighted by atomic mass is 19.1. The fourth-order valence-electron chi connectivity index (χ4n) is 1.28. The SMILES string of the molecule is CCc1ccc(CC(=O)OCO)cc1F. The zero-order valence-corrected chi connectivity index (χ0v) is 8.50. The van der Waals surface area contributed by atoms with Crippen LogP contribution in [0.1, 0.15) is 18.1 Å². The van der Waals surface area contributed by atoms with Crippen LogP contribution in [0.2, 0.25) is 0 Å². The standard InChI is InChI=1S/C11H13FO3/c1-2-9-4-3-8(5-10(9)12)6-11(14)15-7-13/h3-5,13H,2,6-7H2,1H3. The molecule has 0 unspecified atom stereocenters. The van der Waals surface area contributed by atoms with Gasteiger partial charge in [0.05, 0.1) is 6.42 Å². The van der Waals surface area contributed by atoms with Crippen molar-refractivity contribution >= 4 is 5.97 Å². The van der Waals surface area contributed by atoms with Gasteiger partial charge in [0, 0.05) is 0 Å². The number of hydrogen-bond donors (Lipinski definition) is 1. The number of aryl methyl sites for hydroxylation is 1. The Morgan fingerprint density at radius 2 is 2.27 bits per heavy atom. The van der Waals surface area contributed by atoms with E-state index >= 15 is 0 Å². The second-order valence-electron chi connectivity index (χ2n) is 3.10. The smallest absolute Gasteiger partial charge is 0.312 e. The predicted molar refractivity (Wildman–Crippen MR) is 52.7 cm³/mol. The number of carbonyl (C=O) groups is 1. The molecule has 1 aromatic rings. The third-order valence-corrected chi connectivity index (χ3v) is 2.07. The number of carbonyl (C=O) groups excluding carboxylic acids is 1. The zero-order valence-electron chi connectivity index (χ0n) is 8.50. The molecule has 0 spiro atoms. The Morgan fingerprint density at radius 1 is 1.53 bits per heavy atom. The summed E-state index contributed by atoms with van der Waals surface area (Å²) in [6, 6.07) is 4.65. The third-order valence-electron chi connectivity index (χ3n) is 2.07. The summed E-state index contributed by atoms with van der Waals surface area (Å²) < 4.78 is 17.6. The van der Waals surface area contributed by atoms with E-state index in [9.17, 15) is 9.18 Å². The first-order valence-electron chi connectivity index (χ1n) is 4.71. The second-order valence-corrected chi connectivity index (χ2v) is 3.10. The summed E-state index contributed by atoms with van der Waals surface area (Å²) in [6.07, 6.45) is 0.592. The summed E-state index contributed by atoms with van der Waals surface area (Å²) in [5.74, 6) is -0.882. The number of aliphatic hydroxyl groups excluding tert-OH is 1. The van der Waals surface area contributed by atoms with Crippen molar-refractivity contribution in [3.63, 3.8) is 0 Å². The van der Waals surface area contributed by atoms with E-state index in [0.717, 1.165) is 0 Å². The van der Waals surface area contributed by atoms with Gasteiger partial charge in [0.1, 0.15) is 5.82 Å². The normalized spacial score (nSPS) is 10.1. The van der Waals surface area contributed by atoms with Crippen LogP contribution >= 0.6 is 0 Å². The molecule has 0 amide bonds. The van der Waals surface area contributed by atoms with E-state index in [4.69, 9.17) is 5.11 Å². The lowest BCUT2D eigenvalue weighted by atomic mass is 10.1. The fraction of sp³-hybridized carbons (Fsp3) is 0.364. The lowest BCUT2D eigenvalue weighted by Crippen LogP contribution is -2.08. The van der Waals surface area contributed by atoms with Crippen LogP contribution < -0.4 is 0 Å². The first-order chi connectivity index (χ1) is 7.17. The maximum absolute atomic E-state index is 13.3. The second kappa shape index (κ2) is 5.46. The van der Waals surface area contributed by atoms with E-state index in [2.05, 4.69) is 4.74 Å². The molecule has 0 aliphatic heterocycles. The van der Waals surface area contributed by atoms with Gasteiger partial charge in [-0.1, -0.05) is 19.1 Å². The molecule has 1 N–H and O–H groups in total. The predicted octanol–water partition coefficient (Wildman–Crippen LogP) is 1.42. The molecule has 3 nitrogen and oxygen atoms in total. The Balaban J connectivity index is 2.71. The van der Waals surface area contributed by atoms with E-state index in [0.29, 0.717) is 17.5 Å². The van der Waals surface area contributed by atoms with Crippen molar-refractivity contribution in [2.75, 3.05) is 6.79 Å². The van der Waals surface area contributed by atoms with Gasteiger partial charge in [-0.05, 0) is 23.6 Å². The molecule has 4 heteroatoms. The highest BCUT2D eigenvalue weighted by molar-refractivity contribution is 5.72. The third kappa shape index (κ3) is 3.32. The van der Waals surface area contributed by atoms with Crippen LogP contribution in [0.4, 0.5) is 4.39 Å². The van der Waals surface area contributed by atoms with E-state index in [1.54, 1.807) is 12.1 Å². The maximum Gasteiger partial charge on any atom is 0.312 e. The van der Waals surface area contributed by atoms with E-state index in [1.165, 1.54) is 6.07 Å². The number of ether oxygens (including phenoxy) is 1. The van der Waals surface area contributed by atoms with Crippen LogP contribution in [0.3, 0.4) is 0 Å². The van der Waals surface area contributed by atoms with Gasteiger partial charge in [-0.15, -0.1) is 0 Å². The number of halogens is 1. The summed E-state index contributed by atoms with van der Waals surface area (Å²) >= 11 is 0. The Morgan fingerprint density at radius 3 is 2.80 bits per heavy atom. The molecule has 0 saturated heterocycles. The molecule has 0 radical (unpaired) electrons. The molecule has 0 bridgehead atoms. The Bertz CT molecular complexity index is 350. The lowest BCUT2D eigenvalue weighted by Gasteiger charge is -2.04. The molecule has 0 saturated carbocycles. The van der Waals surface area contributed by atoms with Gasteiger partial charge >= 0.3 is 5.97 Å². The number of hydrogen-bond acceptors (Lipinski definition) is 3. The Hall–Kier alpha value is -1.42. The minimum Gasteiger partial charge on any atom is -0.438 e. The van der Waals surface area contributed by atoms with E-state index in [-0.39, 0.29) is 12.2 Å². The number of aliphatic hydroxyl groups is 1. The Kier molecular flexibility index (Phi) is 4.24. The molecule has 0 heterocycles. The van der Waals surface area contributed by atoms with Crippen LogP contribution in [0.15, 0.2) is 18.2 Å². The van der Waals surface area contributed by atoms with Crippen LogP contribution in [0, 0.1) is 5.82 Å². The number of esters is 1. The quantitative estimate of drug-likeness (QED) is 0.606. The van der Waals surface area contributed by atoms with Gasteiger partial charge in [-0.2, -0.15) is 0 Å². The molecule has 0 fully saturated rings. The van der Waals surface area contributed by atoms with E-state index < -0.39 is 12.8 Å². The lowest BCUT2D eigenvalue weighted by molar-refractivity contribution is -0.150.